The number of aryl methyl sites for hydroxylation is 2. The predicted octanol–water partition coefficient (Wildman–Crippen LogP) is 2.59. The molecule has 0 aliphatic carbocycles. The van der Waals surface area contributed by atoms with Crippen molar-refractivity contribution in [1.82, 2.24) is 10.2 Å². The van der Waals surface area contributed by atoms with Crippen molar-refractivity contribution in [1.29, 1.82) is 0 Å². The van der Waals surface area contributed by atoms with Crippen LogP contribution in [0.5, 0.6) is 5.75 Å². The minimum Gasteiger partial charge on any atom is -0.483 e. The third-order valence-electron chi connectivity index (χ3n) is 3.09. The molecule has 1 atom stereocenters. The maximum atomic E-state index is 5.79. The Morgan fingerprint density at radius 2 is 1.89 bits per heavy atom. The third kappa shape index (κ3) is 2.93. The van der Waals surface area contributed by atoms with E-state index in [2.05, 4.69) is 23.2 Å². The smallest absolute Gasteiger partial charge is 0.253 e. The standard InChI is InChI=1S/C14H19N3O2/c1-8-5-6-9(2)13(10(8)3)18-7-12-16-17-14(19-12)11(4)15/h5-6,11H,7,15H2,1-4H3. The van der Waals surface area contributed by atoms with Crippen molar-refractivity contribution in [2.45, 2.75) is 40.3 Å². The molecular formula is C14H19N3O2. The van der Waals surface area contributed by atoms with Gasteiger partial charge in [0, 0.05) is 0 Å². The lowest BCUT2D eigenvalue weighted by molar-refractivity contribution is 0.254. The van der Waals surface area contributed by atoms with Crippen molar-refractivity contribution in [3.63, 3.8) is 0 Å². The van der Waals surface area contributed by atoms with E-state index in [4.69, 9.17) is 14.9 Å². The van der Waals surface area contributed by atoms with Crippen LogP contribution in [0, 0.1) is 20.8 Å². The summed E-state index contributed by atoms with van der Waals surface area (Å²) in [6.07, 6.45) is 0. The van der Waals surface area contributed by atoms with E-state index in [9.17, 15) is 0 Å². The molecule has 2 rings (SSSR count). The predicted molar refractivity (Wildman–Crippen MR) is 71.9 cm³/mol. The summed E-state index contributed by atoms with van der Waals surface area (Å²) in [4.78, 5) is 0. The molecule has 0 aliphatic heterocycles. The summed E-state index contributed by atoms with van der Waals surface area (Å²) in [7, 11) is 0. The molecule has 5 heteroatoms. The van der Waals surface area contributed by atoms with E-state index in [1.54, 1.807) is 6.92 Å². The molecule has 0 aliphatic rings. The normalized spacial score (nSPS) is 12.5. The van der Waals surface area contributed by atoms with Crippen LogP contribution in [0.4, 0.5) is 0 Å². The van der Waals surface area contributed by atoms with Crippen molar-refractivity contribution in [3.05, 3.63) is 40.6 Å². The van der Waals surface area contributed by atoms with Crippen LogP contribution in [0.1, 0.15) is 41.4 Å². The Morgan fingerprint density at radius 3 is 2.53 bits per heavy atom. The Bertz CT molecular complexity index is 576. The van der Waals surface area contributed by atoms with E-state index in [0.29, 0.717) is 11.8 Å². The van der Waals surface area contributed by atoms with Crippen LogP contribution >= 0.6 is 0 Å². The van der Waals surface area contributed by atoms with Crippen molar-refractivity contribution in [2.75, 3.05) is 0 Å². The molecular weight excluding hydrogens is 242 g/mol. The molecule has 102 valence electrons. The van der Waals surface area contributed by atoms with Gasteiger partial charge in [0.2, 0.25) is 5.89 Å². The summed E-state index contributed by atoms with van der Waals surface area (Å²) in [5, 5.41) is 7.78. The number of ether oxygens (including phenoxy) is 1. The highest BCUT2D eigenvalue weighted by Crippen LogP contribution is 2.26. The summed E-state index contributed by atoms with van der Waals surface area (Å²) in [6.45, 7) is 8.17. The van der Waals surface area contributed by atoms with E-state index in [1.807, 2.05) is 19.9 Å². The minimum absolute atomic E-state index is 0.255. The molecule has 2 aromatic rings. The first kappa shape index (κ1) is 13.5. The fourth-order valence-corrected chi connectivity index (χ4v) is 1.79. The van der Waals surface area contributed by atoms with Crippen molar-refractivity contribution in [2.24, 2.45) is 5.73 Å². The zero-order valence-electron chi connectivity index (χ0n) is 11.7. The summed E-state index contributed by atoms with van der Waals surface area (Å²) in [5.74, 6) is 1.74. The summed E-state index contributed by atoms with van der Waals surface area (Å²) >= 11 is 0. The molecule has 0 radical (unpaired) electrons. The van der Waals surface area contributed by atoms with Crippen LogP contribution in [0.2, 0.25) is 0 Å². The second kappa shape index (κ2) is 5.40. The first-order valence-electron chi connectivity index (χ1n) is 6.26. The molecule has 1 unspecified atom stereocenters. The molecule has 0 saturated carbocycles. The van der Waals surface area contributed by atoms with Crippen LogP contribution in [0.25, 0.3) is 0 Å². The second-order valence-electron chi connectivity index (χ2n) is 4.76. The molecule has 0 fully saturated rings. The maximum absolute atomic E-state index is 5.79. The number of aromatic nitrogens is 2. The van der Waals surface area contributed by atoms with Gasteiger partial charge < -0.3 is 14.9 Å². The van der Waals surface area contributed by atoms with Gasteiger partial charge in [-0.1, -0.05) is 12.1 Å². The van der Waals surface area contributed by atoms with Crippen LogP contribution in [-0.4, -0.2) is 10.2 Å². The molecule has 2 N–H and O–H groups in total. The Balaban J connectivity index is 2.12. The Morgan fingerprint density at radius 1 is 1.21 bits per heavy atom. The quantitative estimate of drug-likeness (QED) is 0.915. The maximum Gasteiger partial charge on any atom is 0.253 e. The monoisotopic (exact) mass is 261 g/mol. The van der Waals surface area contributed by atoms with E-state index in [0.717, 1.165) is 16.9 Å². The third-order valence-corrected chi connectivity index (χ3v) is 3.09. The molecule has 1 heterocycles. The molecule has 0 amide bonds. The largest absolute Gasteiger partial charge is 0.483 e. The van der Waals surface area contributed by atoms with Gasteiger partial charge in [0.15, 0.2) is 6.61 Å². The number of hydrogen-bond donors (Lipinski definition) is 1. The molecule has 1 aromatic heterocycles. The molecule has 1 aromatic carbocycles. The Kier molecular flexibility index (Phi) is 3.85. The lowest BCUT2D eigenvalue weighted by atomic mass is 10.1. The molecule has 5 nitrogen and oxygen atoms in total. The average Bonchev–Trinajstić information content (AvgIpc) is 2.83. The lowest BCUT2D eigenvalue weighted by Gasteiger charge is -2.12. The van der Waals surface area contributed by atoms with Crippen LogP contribution in [-0.2, 0) is 6.61 Å². The molecule has 0 spiro atoms. The lowest BCUT2D eigenvalue weighted by Crippen LogP contribution is -2.04. The Labute approximate surface area is 112 Å². The van der Waals surface area contributed by atoms with Crippen LogP contribution in [0.15, 0.2) is 16.5 Å². The Hall–Kier alpha value is -1.88. The average molecular weight is 261 g/mol. The van der Waals surface area contributed by atoms with Gasteiger partial charge in [0.1, 0.15) is 5.75 Å². The van der Waals surface area contributed by atoms with E-state index >= 15 is 0 Å². The van der Waals surface area contributed by atoms with Gasteiger partial charge in [0.25, 0.3) is 5.89 Å². The molecule has 0 bridgehead atoms. The fraction of sp³-hybridized carbons (Fsp3) is 0.429. The van der Waals surface area contributed by atoms with Gasteiger partial charge in [-0.2, -0.15) is 0 Å². The van der Waals surface area contributed by atoms with Crippen molar-refractivity contribution < 1.29 is 9.15 Å². The zero-order valence-corrected chi connectivity index (χ0v) is 11.7. The number of rotatable bonds is 4. The number of hydrogen-bond acceptors (Lipinski definition) is 5. The van der Waals surface area contributed by atoms with Crippen LogP contribution < -0.4 is 10.5 Å². The van der Waals surface area contributed by atoms with Gasteiger partial charge in [-0.15, -0.1) is 10.2 Å². The zero-order chi connectivity index (χ0) is 14.0. The number of nitrogens with zero attached hydrogens (tertiary/aromatic N) is 2. The SMILES string of the molecule is Cc1ccc(C)c(OCc2nnc(C(C)N)o2)c1C. The topological polar surface area (TPSA) is 74.2 Å². The van der Waals surface area contributed by atoms with E-state index in [1.165, 1.54) is 5.56 Å². The molecule has 19 heavy (non-hydrogen) atoms. The summed E-state index contributed by atoms with van der Waals surface area (Å²) in [6, 6.07) is 3.86. The van der Waals surface area contributed by atoms with Crippen molar-refractivity contribution >= 4 is 0 Å². The second-order valence-corrected chi connectivity index (χ2v) is 4.76. The highest BCUT2D eigenvalue weighted by atomic mass is 16.5. The van der Waals surface area contributed by atoms with E-state index in [-0.39, 0.29) is 12.6 Å². The number of nitrogens with two attached hydrogens (primary N) is 1. The summed E-state index contributed by atoms with van der Waals surface area (Å²) < 4.78 is 11.2. The highest BCUT2D eigenvalue weighted by Gasteiger charge is 2.12. The van der Waals surface area contributed by atoms with Crippen LogP contribution in [0.3, 0.4) is 0 Å². The fourth-order valence-electron chi connectivity index (χ4n) is 1.79. The minimum atomic E-state index is -0.260. The number of benzene rings is 1. The van der Waals surface area contributed by atoms with Gasteiger partial charge >= 0.3 is 0 Å². The molecule has 0 saturated heterocycles. The van der Waals surface area contributed by atoms with Crippen molar-refractivity contribution in [3.8, 4) is 5.75 Å². The van der Waals surface area contributed by atoms with E-state index < -0.39 is 0 Å². The van der Waals surface area contributed by atoms with Gasteiger partial charge in [0.05, 0.1) is 6.04 Å². The van der Waals surface area contributed by atoms with Gasteiger partial charge in [-0.25, -0.2) is 0 Å². The summed E-state index contributed by atoms with van der Waals surface area (Å²) in [5.41, 5.74) is 9.09. The highest BCUT2D eigenvalue weighted by molar-refractivity contribution is 5.44. The first-order valence-corrected chi connectivity index (χ1v) is 6.26. The van der Waals surface area contributed by atoms with Gasteiger partial charge in [-0.05, 0) is 44.4 Å². The first-order chi connectivity index (χ1) is 8.99. The van der Waals surface area contributed by atoms with Gasteiger partial charge in [-0.3, -0.25) is 0 Å².